The second kappa shape index (κ2) is 8.15. The van der Waals surface area contributed by atoms with Crippen molar-refractivity contribution in [3.8, 4) is 5.88 Å². The molecule has 0 radical (unpaired) electrons. The van der Waals surface area contributed by atoms with Crippen molar-refractivity contribution in [1.82, 2.24) is 15.0 Å². The number of nitrogens with one attached hydrogen (secondary N) is 2. The van der Waals surface area contributed by atoms with Crippen LogP contribution in [0.1, 0.15) is 16.1 Å². The number of hydrogen-bond acceptors (Lipinski definition) is 6. The quantitative estimate of drug-likeness (QED) is 0.614. The van der Waals surface area contributed by atoms with Gasteiger partial charge in [0.25, 0.3) is 0 Å². The molecule has 3 aromatic heterocycles. The Labute approximate surface area is 160 Å². The number of fused-ring (bicyclic) bond motifs is 1. The Morgan fingerprint density at radius 3 is 2.92 bits per heavy atom. The Hall–Kier alpha value is -2.35. The third-order valence-corrected chi connectivity index (χ3v) is 4.32. The smallest absolute Gasteiger partial charge is 0.238 e. The average Bonchev–Trinajstić information content (AvgIpc) is 3.28. The molecule has 0 unspecified atom stereocenters. The van der Waals surface area contributed by atoms with E-state index in [1.807, 2.05) is 35.7 Å². The molecule has 3 N–H and O–H groups in total. The molecule has 0 saturated heterocycles. The molecule has 0 aliphatic carbocycles. The molecular formula is C16H15Cl2N5OS. The summed E-state index contributed by atoms with van der Waals surface area (Å²) in [5, 5.41) is 15.2. The van der Waals surface area contributed by atoms with Crippen molar-refractivity contribution >= 4 is 65.8 Å². The number of aliphatic imine (C=N–C) groups is 1. The van der Waals surface area contributed by atoms with Gasteiger partial charge in [-0.2, -0.15) is 4.98 Å². The van der Waals surface area contributed by atoms with Crippen molar-refractivity contribution < 1.29 is 5.11 Å². The standard InChI is InChI=1S/C16H13N5OS.2ClH/c22-15-13(7-10-8-18-14-12(10)4-1-5-17-14)20-16(21-15)19-9-11-3-2-6-23-11;;/h1-8,22H,9H2,(H2,19,20,21);2*1H. The van der Waals surface area contributed by atoms with E-state index in [1.54, 1.807) is 23.7 Å². The zero-order valence-electron chi connectivity index (χ0n) is 12.8. The molecule has 0 saturated carbocycles. The number of allylic oxidation sites excluding steroid dienone is 1. The molecule has 4 heterocycles. The highest BCUT2D eigenvalue weighted by Gasteiger charge is 2.14. The lowest BCUT2D eigenvalue weighted by molar-refractivity contribution is 0.455. The van der Waals surface area contributed by atoms with Gasteiger partial charge in [-0.15, -0.1) is 36.2 Å². The zero-order chi connectivity index (χ0) is 15.6. The molecule has 4 rings (SSSR count). The van der Waals surface area contributed by atoms with Gasteiger partial charge >= 0.3 is 0 Å². The molecule has 6 nitrogen and oxygen atoms in total. The first-order chi connectivity index (χ1) is 11.3. The average molecular weight is 396 g/mol. The van der Waals surface area contributed by atoms with Crippen LogP contribution in [0.15, 0.2) is 40.8 Å². The van der Waals surface area contributed by atoms with E-state index >= 15 is 0 Å². The number of anilines is 1. The fraction of sp³-hybridized carbons (Fsp3) is 0.0625. The summed E-state index contributed by atoms with van der Waals surface area (Å²) >= 11 is 1.67. The Morgan fingerprint density at radius 2 is 2.12 bits per heavy atom. The van der Waals surface area contributed by atoms with Gasteiger partial charge in [0.1, 0.15) is 5.69 Å². The number of thiophene rings is 1. The van der Waals surface area contributed by atoms with E-state index in [9.17, 15) is 5.11 Å². The number of imidazole rings is 1. The molecule has 0 bridgehead atoms. The molecule has 9 heteroatoms. The maximum atomic E-state index is 10.0. The summed E-state index contributed by atoms with van der Waals surface area (Å²) in [5.41, 5.74) is 2.36. The van der Waals surface area contributed by atoms with Crippen molar-refractivity contribution in [3.63, 3.8) is 0 Å². The molecule has 1 aliphatic heterocycles. The highest BCUT2D eigenvalue weighted by atomic mass is 35.5. The first-order valence-corrected chi connectivity index (χ1v) is 7.94. The van der Waals surface area contributed by atoms with Gasteiger partial charge in [0, 0.05) is 28.4 Å². The maximum absolute atomic E-state index is 10.0. The van der Waals surface area contributed by atoms with E-state index in [0.717, 1.165) is 11.1 Å². The van der Waals surface area contributed by atoms with Crippen molar-refractivity contribution in [3.05, 3.63) is 52.0 Å². The number of rotatable bonds is 4. The summed E-state index contributed by atoms with van der Waals surface area (Å²) in [7, 11) is 0. The highest BCUT2D eigenvalue weighted by Crippen LogP contribution is 2.31. The van der Waals surface area contributed by atoms with Crippen molar-refractivity contribution in [2.24, 2.45) is 4.99 Å². The summed E-state index contributed by atoms with van der Waals surface area (Å²) < 4.78 is 0. The third kappa shape index (κ3) is 4.01. The van der Waals surface area contributed by atoms with Gasteiger partial charge in [0.15, 0.2) is 5.82 Å². The summed E-state index contributed by atoms with van der Waals surface area (Å²) in [4.78, 5) is 16.8. The number of aromatic nitrogens is 3. The molecule has 3 aromatic rings. The van der Waals surface area contributed by atoms with Crippen LogP contribution in [0, 0.1) is 0 Å². The number of halogens is 2. The second-order valence-electron chi connectivity index (χ2n) is 4.99. The summed E-state index contributed by atoms with van der Waals surface area (Å²) in [5.74, 6) is 1.18. The second-order valence-corrected chi connectivity index (χ2v) is 6.02. The van der Waals surface area contributed by atoms with Gasteiger partial charge in [-0.3, -0.25) is 0 Å². The summed E-state index contributed by atoms with van der Waals surface area (Å²) in [6.45, 7) is 0.662. The molecular weight excluding hydrogens is 381 g/mol. The first-order valence-electron chi connectivity index (χ1n) is 7.06. The van der Waals surface area contributed by atoms with Gasteiger partial charge in [-0.25, -0.2) is 9.98 Å². The first kappa shape index (κ1) is 19.0. The van der Waals surface area contributed by atoms with E-state index in [-0.39, 0.29) is 30.7 Å². The third-order valence-electron chi connectivity index (χ3n) is 3.45. The van der Waals surface area contributed by atoms with E-state index in [0.29, 0.717) is 24.0 Å². The number of aromatic hydroxyl groups is 1. The number of H-pyrrole nitrogens is 1. The topological polar surface area (TPSA) is 86.2 Å². The van der Waals surface area contributed by atoms with Crippen molar-refractivity contribution in [1.29, 1.82) is 0 Å². The van der Waals surface area contributed by atoms with Gasteiger partial charge < -0.3 is 15.4 Å². The molecule has 1 aliphatic rings. The Kier molecular flexibility index (Phi) is 6.19. The number of nitrogens with zero attached hydrogens (tertiary/aromatic N) is 3. The molecule has 130 valence electrons. The van der Waals surface area contributed by atoms with E-state index in [2.05, 4.69) is 25.3 Å². The summed E-state index contributed by atoms with van der Waals surface area (Å²) in [6.07, 6.45) is 5.26. The van der Waals surface area contributed by atoms with Crippen molar-refractivity contribution in [2.75, 3.05) is 5.32 Å². The van der Waals surface area contributed by atoms with E-state index in [1.165, 1.54) is 4.88 Å². The van der Waals surface area contributed by atoms with Crippen LogP contribution >= 0.6 is 36.2 Å². The Balaban J connectivity index is 0.00000113. The minimum Gasteiger partial charge on any atom is -0.492 e. The van der Waals surface area contributed by atoms with E-state index in [4.69, 9.17) is 0 Å². The summed E-state index contributed by atoms with van der Waals surface area (Å²) in [6, 6.07) is 7.86. The SMILES string of the molecule is Cl.Cl.Oc1nc(NCc2cccs2)[nH]c1C=C1C=Nc2ncccc21. The number of aromatic amines is 1. The fourth-order valence-electron chi connectivity index (χ4n) is 2.34. The number of pyridine rings is 1. The highest BCUT2D eigenvalue weighted by molar-refractivity contribution is 7.09. The largest absolute Gasteiger partial charge is 0.492 e. The van der Waals surface area contributed by atoms with Gasteiger partial charge in [-0.1, -0.05) is 6.07 Å². The van der Waals surface area contributed by atoms with Gasteiger partial charge in [-0.05, 0) is 29.7 Å². The van der Waals surface area contributed by atoms with Crippen LogP contribution < -0.4 is 5.32 Å². The zero-order valence-corrected chi connectivity index (χ0v) is 15.3. The van der Waals surface area contributed by atoms with Crippen LogP contribution in [0.5, 0.6) is 5.88 Å². The Morgan fingerprint density at radius 1 is 1.24 bits per heavy atom. The molecule has 25 heavy (non-hydrogen) atoms. The minimum atomic E-state index is -0.0445. The minimum absolute atomic E-state index is 0. The Bertz CT molecular complexity index is 905. The lowest BCUT2D eigenvalue weighted by atomic mass is 10.1. The fourth-order valence-corrected chi connectivity index (χ4v) is 2.99. The lowest BCUT2D eigenvalue weighted by Gasteiger charge is -1.99. The normalized spacial score (nSPS) is 13.2. The van der Waals surface area contributed by atoms with Crippen LogP contribution in [-0.2, 0) is 6.54 Å². The van der Waals surface area contributed by atoms with Gasteiger partial charge in [0.2, 0.25) is 11.8 Å². The van der Waals surface area contributed by atoms with Crippen LogP contribution in [-0.4, -0.2) is 26.3 Å². The van der Waals surface area contributed by atoms with Gasteiger partial charge in [0.05, 0.1) is 6.54 Å². The lowest BCUT2D eigenvalue weighted by Crippen LogP contribution is -1.98. The molecule has 0 fully saturated rings. The molecule has 0 spiro atoms. The monoisotopic (exact) mass is 395 g/mol. The van der Waals surface area contributed by atoms with Crippen LogP contribution in [0.4, 0.5) is 11.8 Å². The van der Waals surface area contributed by atoms with Crippen LogP contribution in [0.3, 0.4) is 0 Å². The van der Waals surface area contributed by atoms with Crippen molar-refractivity contribution in [2.45, 2.75) is 6.54 Å². The van der Waals surface area contributed by atoms with E-state index < -0.39 is 0 Å². The van der Waals surface area contributed by atoms with Crippen LogP contribution in [0.2, 0.25) is 0 Å². The molecule has 0 aromatic carbocycles. The van der Waals surface area contributed by atoms with Crippen LogP contribution in [0.25, 0.3) is 11.6 Å². The predicted octanol–water partition coefficient (Wildman–Crippen LogP) is 4.28. The molecule has 0 amide bonds. The molecule has 0 atom stereocenters. The predicted molar refractivity (Wildman–Crippen MR) is 107 cm³/mol. The number of hydrogen-bond donors (Lipinski definition) is 3. The maximum Gasteiger partial charge on any atom is 0.238 e.